The highest BCUT2D eigenvalue weighted by Crippen LogP contribution is 2.23. The lowest BCUT2D eigenvalue weighted by molar-refractivity contribution is 0.176. The Morgan fingerprint density at radius 1 is 1.35 bits per heavy atom. The molecule has 3 nitrogen and oxygen atoms in total. The van der Waals surface area contributed by atoms with Crippen molar-refractivity contribution in [3.05, 3.63) is 42.5 Å². The van der Waals surface area contributed by atoms with Crippen molar-refractivity contribution in [3.63, 3.8) is 0 Å². The van der Waals surface area contributed by atoms with E-state index in [0.29, 0.717) is 12.6 Å². The van der Waals surface area contributed by atoms with Crippen molar-refractivity contribution in [2.75, 3.05) is 11.9 Å². The zero-order valence-electron chi connectivity index (χ0n) is 12.3. The molecule has 3 heteroatoms. The van der Waals surface area contributed by atoms with Crippen LogP contribution in [0, 0.1) is 6.92 Å². The number of carbonyl (C=O) groups excluding carboxylic acids is 1. The van der Waals surface area contributed by atoms with E-state index >= 15 is 0 Å². The fourth-order valence-electron chi connectivity index (χ4n) is 2.83. The minimum absolute atomic E-state index is 0.00824. The number of hydrogen-bond donors (Lipinski definition) is 1. The van der Waals surface area contributed by atoms with Gasteiger partial charge in [-0.05, 0) is 31.4 Å². The topological polar surface area (TPSA) is 32.3 Å². The van der Waals surface area contributed by atoms with Crippen molar-refractivity contribution in [1.29, 1.82) is 0 Å². The van der Waals surface area contributed by atoms with Gasteiger partial charge in [-0.25, -0.2) is 4.79 Å². The van der Waals surface area contributed by atoms with Crippen molar-refractivity contribution >= 4 is 11.7 Å². The summed E-state index contributed by atoms with van der Waals surface area (Å²) >= 11 is 0. The summed E-state index contributed by atoms with van der Waals surface area (Å²) in [5.41, 5.74) is 1.98. The molecular formula is C17H24N2O. The first kappa shape index (κ1) is 14.6. The van der Waals surface area contributed by atoms with Gasteiger partial charge in [-0.3, -0.25) is 0 Å². The van der Waals surface area contributed by atoms with Crippen LogP contribution in [-0.4, -0.2) is 23.5 Å². The summed E-state index contributed by atoms with van der Waals surface area (Å²) in [6, 6.07) is 8.22. The van der Waals surface area contributed by atoms with Crippen LogP contribution < -0.4 is 5.32 Å². The average molecular weight is 272 g/mol. The Balaban J connectivity index is 2.06. The fourth-order valence-corrected chi connectivity index (χ4v) is 2.83. The molecule has 0 aliphatic heterocycles. The number of urea groups is 1. The fraction of sp³-hybridized carbons (Fsp3) is 0.471. The molecular weight excluding hydrogens is 248 g/mol. The van der Waals surface area contributed by atoms with Crippen LogP contribution in [0.4, 0.5) is 10.5 Å². The van der Waals surface area contributed by atoms with Gasteiger partial charge in [-0.15, -0.1) is 6.58 Å². The van der Waals surface area contributed by atoms with E-state index in [2.05, 4.69) is 11.9 Å². The zero-order valence-corrected chi connectivity index (χ0v) is 12.3. The van der Waals surface area contributed by atoms with E-state index < -0.39 is 0 Å². The predicted molar refractivity (Wildman–Crippen MR) is 84.0 cm³/mol. The Morgan fingerprint density at radius 2 is 2.05 bits per heavy atom. The number of aryl methyl sites for hydroxylation is 1. The molecule has 0 atom stereocenters. The monoisotopic (exact) mass is 272 g/mol. The maximum Gasteiger partial charge on any atom is 0.322 e. The maximum atomic E-state index is 12.5. The van der Waals surface area contributed by atoms with E-state index in [4.69, 9.17) is 0 Å². The highest BCUT2D eigenvalue weighted by atomic mass is 16.2. The van der Waals surface area contributed by atoms with Crippen molar-refractivity contribution in [1.82, 2.24) is 4.90 Å². The van der Waals surface area contributed by atoms with Crippen LogP contribution in [0.3, 0.4) is 0 Å². The minimum Gasteiger partial charge on any atom is -0.318 e. The largest absolute Gasteiger partial charge is 0.322 e. The van der Waals surface area contributed by atoms with Gasteiger partial charge in [0.1, 0.15) is 0 Å². The van der Waals surface area contributed by atoms with Crippen LogP contribution in [0.1, 0.15) is 37.7 Å². The first-order chi connectivity index (χ1) is 9.72. The van der Waals surface area contributed by atoms with Gasteiger partial charge in [0.2, 0.25) is 0 Å². The summed E-state index contributed by atoms with van der Waals surface area (Å²) in [5.74, 6) is 0. The molecule has 1 aliphatic carbocycles. The molecule has 2 rings (SSSR count). The number of hydrogen-bond acceptors (Lipinski definition) is 1. The molecule has 0 unspecified atom stereocenters. The Labute approximate surface area is 121 Å². The number of benzene rings is 1. The maximum absolute atomic E-state index is 12.5. The highest BCUT2D eigenvalue weighted by molar-refractivity contribution is 5.90. The Morgan fingerprint density at radius 3 is 2.70 bits per heavy atom. The third-order valence-electron chi connectivity index (χ3n) is 3.99. The molecule has 1 aromatic rings. The van der Waals surface area contributed by atoms with E-state index in [-0.39, 0.29) is 6.03 Å². The molecule has 2 amide bonds. The molecule has 0 saturated heterocycles. The van der Waals surface area contributed by atoms with Gasteiger partial charge in [-0.1, -0.05) is 43.5 Å². The van der Waals surface area contributed by atoms with Crippen molar-refractivity contribution < 1.29 is 4.79 Å². The second-order valence-electron chi connectivity index (χ2n) is 5.48. The molecule has 108 valence electrons. The molecule has 1 N–H and O–H groups in total. The van der Waals surface area contributed by atoms with Crippen LogP contribution in [0.2, 0.25) is 0 Å². The molecule has 0 spiro atoms. The van der Waals surface area contributed by atoms with Gasteiger partial charge < -0.3 is 10.2 Å². The summed E-state index contributed by atoms with van der Waals surface area (Å²) in [7, 11) is 0. The van der Waals surface area contributed by atoms with Gasteiger partial charge in [0.25, 0.3) is 0 Å². The van der Waals surface area contributed by atoms with Crippen LogP contribution in [0.15, 0.2) is 36.9 Å². The number of para-hydroxylation sites is 1. The van der Waals surface area contributed by atoms with Crippen LogP contribution >= 0.6 is 0 Å². The molecule has 0 heterocycles. The van der Waals surface area contributed by atoms with E-state index in [1.807, 2.05) is 42.2 Å². The smallest absolute Gasteiger partial charge is 0.318 e. The molecule has 1 fully saturated rings. The molecule has 20 heavy (non-hydrogen) atoms. The minimum atomic E-state index is -0.00824. The lowest BCUT2D eigenvalue weighted by Gasteiger charge is -2.33. The molecule has 1 aliphatic rings. The number of amides is 2. The van der Waals surface area contributed by atoms with E-state index in [1.165, 1.54) is 19.3 Å². The van der Waals surface area contributed by atoms with E-state index in [0.717, 1.165) is 24.1 Å². The third-order valence-corrected chi connectivity index (χ3v) is 3.99. The number of rotatable bonds is 4. The Hall–Kier alpha value is -1.77. The highest BCUT2D eigenvalue weighted by Gasteiger charge is 2.24. The molecule has 1 aromatic carbocycles. The average Bonchev–Trinajstić information content (AvgIpc) is 2.48. The summed E-state index contributed by atoms with van der Waals surface area (Å²) in [4.78, 5) is 14.5. The Bertz CT molecular complexity index is 464. The number of nitrogens with zero attached hydrogens (tertiary/aromatic N) is 1. The number of nitrogens with one attached hydrogen (secondary N) is 1. The summed E-state index contributed by atoms with van der Waals surface area (Å²) < 4.78 is 0. The van der Waals surface area contributed by atoms with Gasteiger partial charge >= 0.3 is 6.03 Å². The third kappa shape index (κ3) is 3.62. The lowest BCUT2D eigenvalue weighted by atomic mass is 9.94. The predicted octanol–water partition coefficient (Wildman–Crippen LogP) is 4.35. The Kier molecular flexibility index (Phi) is 5.22. The lowest BCUT2D eigenvalue weighted by Crippen LogP contribution is -2.44. The van der Waals surface area contributed by atoms with Gasteiger partial charge in [0.15, 0.2) is 0 Å². The molecule has 0 radical (unpaired) electrons. The van der Waals surface area contributed by atoms with Gasteiger partial charge in [0.05, 0.1) is 0 Å². The van der Waals surface area contributed by atoms with Crippen LogP contribution in [0.25, 0.3) is 0 Å². The second kappa shape index (κ2) is 7.13. The van der Waals surface area contributed by atoms with Crippen molar-refractivity contribution in [2.24, 2.45) is 0 Å². The first-order valence-corrected chi connectivity index (χ1v) is 7.46. The quantitative estimate of drug-likeness (QED) is 0.812. The standard InChI is InChI=1S/C17H24N2O/c1-3-13-19(15-10-5-4-6-11-15)17(20)18-16-12-8-7-9-14(16)2/h3,7-9,12,15H,1,4-6,10-11,13H2,2H3,(H,18,20). The summed E-state index contributed by atoms with van der Waals surface area (Å²) in [6.45, 7) is 6.40. The van der Waals surface area contributed by atoms with Crippen LogP contribution in [0.5, 0.6) is 0 Å². The van der Waals surface area contributed by atoms with E-state index in [1.54, 1.807) is 0 Å². The number of anilines is 1. The normalized spacial score (nSPS) is 15.7. The molecule has 0 aromatic heterocycles. The second-order valence-corrected chi connectivity index (χ2v) is 5.48. The zero-order chi connectivity index (χ0) is 14.4. The van der Waals surface area contributed by atoms with Gasteiger partial charge in [0, 0.05) is 18.3 Å². The summed E-state index contributed by atoms with van der Waals surface area (Å²) in [5, 5.41) is 3.03. The van der Waals surface area contributed by atoms with Crippen molar-refractivity contribution in [2.45, 2.75) is 45.1 Å². The van der Waals surface area contributed by atoms with Gasteiger partial charge in [-0.2, -0.15) is 0 Å². The SMILES string of the molecule is C=CCN(C(=O)Nc1ccccc1C)C1CCCCC1. The van der Waals surface area contributed by atoms with Crippen molar-refractivity contribution in [3.8, 4) is 0 Å². The van der Waals surface area contributed by atoms with E-state index in [9.17, 15) is 4.79 Å². The summed E-state index contributed by atoms with van der Waals surface area (Å²) in [6.07, 6.45) is 7.75. The molecule has 0 bridgehead atoms. The number of carbonyl (C=O) groups is 1. The van der Waals surface area contributed by atoms with Crippen LogP contribution in [-0.2, 0) is 0 Å². The molecule has 1 saturated carbocycles. The first-order valence-electron chi connectivity index (χ1n) is 7.46.